The number of amides is 1. The highest BCUT2D eigenvalue weighted by molar-refractivity contribution is 7.90. The number of hydrogen-bond acceptors (Lipinski definition) is 4. The van der Waals surface area contributed by atoms with Crippen LogP contribution >= 0.6 is 11.6 Å². The van der Waals surface area contributed by atoms with Crippen LogP contribution in [0.1, 0.15) is 29.8 Å². The quantitative estimate of drug-likeness (QED) is 0.793. The van der Waals surface area contributed by atoms with Gasteiger partial charge in [-0.25, -0.2) is 8.42 Å². The van der Waals surface area contributed by atoms with Gasteiger partial charge in [0.15, 0.2) is 9.84 Å². The van der Waals surface area contributed by atoms with Crippen LogP contribution in [0.4, 0.5) is 5.69 Å². The fourth-order valence-electron chi connectivity index (χ4n) is 2.99. The molecule has 0 atom stereocenters. The molecule has 0 bridgehead atoms. The zero-order valence-corrected chi connectivity index (χ0v) is 16.4. The number of ether oxygens (including phenoxy) is 1. The van der Waals surface area contributed by atoms with Gasteiger partial charge in [-0.15, -0.1) is 0 Å². The molecule has 0 aliphatic carbocycles. The lowest BCUT2D eigenvalue weighted by Gasteiger charge is -2.21. The van der Waals surface area contributed by atoms with E-state index in [2.05, 4.69) is 0 Å². The van der Waals surface area contributed by atoms with Gasteiger partial charge < -0.3 is 9.64 Å². The minimum atomic E-state index is -3.44. The number of anilines is 1. The van der Waals surface area contributed by atoms with Gasteiger partial charge >= 0.3 is 0 Å². The van der Waals surface area contributed by atoms with Crippen molar-refractivity contribution in [1.29, 1.82) is 0 Å². The third-order valence-corrected chi connectivity index (χ3v) is 5.50. The van der Waals surface area contributed by atoms with Gasteiger partial charge in [-0.1, -0.05) is 11.6 Å². The number of rotatable bonds is 4. The van der Waals surface area contributed by atoms with Crippen LogP contribution in [0, 0.1) is 0 Å². The maximum Gasteiger partial charge on any atom is 0.262 e. The predicted octanol–water partition coefficient (Wildman–Crippen LogP) is 3.73. The van der Waals surface area contributed by atoms with Crippen molar-refractivity contribution in [2.24, 2.45) is 0 Å². The van der Waals surface area contributed by atoms with E-state index in [1.165, 1.54) is 12.1 Å². The number of nitrogens with zero attached hydrogens (tertiary/aromatic N) is 1. The second-order valence-electron chi connectivity index (χ2n) is 6.58. The number of hydrogen-bond donors (Lipinski definition) is 0. The van der Waals surface area contributed by atoms with Gasteiger partial charge in [0.2, 0.25) is 0 Å². The summed E-state index contributed by atoms with van der Waals surface area (Å²) in [4.78, 5) is 14.9. The molecule has 0 radical (unpaired) electrons. The summed E-state index contributed by atoms with van der Waals surface area (Å²) >= 11 is 6.03. The van der Waals surface area contributed by atoms with E-state index < -0.39 is 9.84 Å². The second-order valence-corrected chi connectivity index (χ2v) is 9.03. The average molecular weight is 394 g/mol. The first-order valence-corrected chi connectivity index (χ1v) is 10.5. The summed E-state index contributed by atoms with van der Waals surface area (Å²) in [5.74, 6) is 0.0898. The lowest BCUT2D eigenvalue weighted by Crippen LogP contribution is -2.29. The number of benzene rings is 2. The fourth-order valence-corrected chi connectivity index (χ4v) is 3.83. The van der Waals surface area contributed by atoms with E-state index in [1.807, 2.05) is 26.0 Å². The summed E-state index contributed by atoms with van der Waals surface area (Å²) in [6, 6.07) is 9.80. The molecule has 26 heavy (non-hydrogen) atoms. The summed E-state index contributed by atoms with van der Waals surface area (Å²) in [6.45, 7) is 4.22. The number of carbonyl (C=O) groups is 1. The molecule has 1 aliphatic heterocycles. The van der Waals surface area contributed by atoms with Crippen LogP contribution in [0.2, 0.25) is 5.02 Å². The number of halogens is 1. The van der Waals surface area contributed by atoms with Crippen LogP contribution in [0.5, 0.6) is 5.75 Å². The lowest BCUT2D eigenvalue weighted by molar-refractivity contribution is 0.0983. The first-order valence-electron chi connectivity index (χ1n) is 8.28. The SMILES string of the molecule is CC(C)Oc1ccc(S(C)(=O)=O)cc1C(=O)N1CCc2cc(Cl)ccc21. The van der Waals surface area contributed by atoms with E-state index in [0.29, 0.717) is 23.7 Å². The Balaban J connectivity index is 2.06. The van der Waals surface area contributed by atoms with Crippen molar-refractivity contribution in [2.45, 2.75) is 31.3 Å². The van der Waals surface area contributed by atoms with Crippen LogP contribution < -0.4 is 9.64 Å². The van der Waals surface area contributed by atoms with Crippen molar-refractivity contribution in [2.75, 3.05) is 17.7 Å². The molecule has 0 saturated carbocycles. The Morgan fingerprint density at radius 2 is 1.92 bits per heavy atom. The summed E-state index contributed by atoms with van der Waals surface area (Å²) in [5.41, 5.74) is 2.03. The fraction of sp³-hybridized carbons (Fsp3) is 0.316. The van der Waals surface area contributed by atoms with Gasteiger partial charge in [0.05, 0.1) is 16.6 Å². The van der Waals surface area contributed by atoms with Crippen molar-refractivity contribution in [3.63, 3.8) is 0 Å². The van der Waals surface area contributed by atoms with E-state index >= 15 is 0 Å². The van der Waals surface area contributed by atoms with Crippen molar-refractivity contribution in [3.8, 4) is 5.75 Å². The molecule has 7 heteroatoms. The van der Waals surface area contributed by atoms with Gasteiger partial charge in [-0.3, -0.25) is 4.79 Å². The van der Waals surface area contributed by atoms with Crippen LogP contribution in [0.3, 0.4) is 0 Å². The molecule has 138 valence electrons. The molecule has 2 aromatic carbocycles. The van der Waals surface area contributed by atoms with E-state index in [9.17, 15) is 13.2 Å². The topological polar surface area (TPSA) is 63.7 Å². The monoisotopic (exact) mass is 393 g/mol. The van der Waals surface area contributed by atoms with E-state index in [0.717, 1.165) is 17.5 Å². The molecule has 1 heterocycles. The van der Waals surface area contributed by atoms with Gasteiger partial charge in [0.25, 0.3) is 5.91 Å². The van der Waals surface area contributed by atoms with E-state index in [-0.39, 0.29) is 22.5 Å². The lowest BCUT2D eigenvalue weighted by atomic mass is 10.1. The molecule has 0 saturated heterocycles. The standard InChI is InChI=1S/C19H20ClNO4S/c1-12(2)25-18-7-5-15(26(3,23)24)11-16(18)19(22)21-9-8-13-10-14(20)4-6-17(13)21/h4-7,10-12H,8-9H2,1-3H3. The Bertz CT molecular complexity index is 969. The van der Waals surface area contributed by atoms with Crippen molar-refractivity contribution in [3.05, 3.63) is 52.5 Å². The molecule has 0 fully saturated rings. The Morgan fingerprint density at radius 1 is 1.19 bits per heavy atom. The highest BCUT2D eigenvalue weighted by Crippen LogP contribution is 2.34. The predicted molar refractivity (Wildman–Crippen MR) is 102 cm³/mol. The van der Waals surface area contributed by atoms with Gasteiger partial charge in [0, 0.05) is 23.5 Å². The van der Waals surface area contributed by atoms with Crippen molar-refractivity contribution < 1.29 is 17.9 Å². The molecule has 0 spiro atoms. The molecule has 2 aromatic rings. The minimum Gasteiger partial charge on any atom is -0.490 e. The Kier molecular flexibility index (Phi) is 4.99. The average Bonchev–Trinajstić information content (AvgIpc) is 2.95. The number of fused-ring (bicyclic) bond motifs is 1. The Hall–Kier alpha value is -2.05. The first-order chi connectivity index (χ1) is 12.2. The normalized spacial score (nSPS) is 13.8. The van der Waals surface area contributed by atoms with Crippen LogP contribution in [0.25, 0.3) is 0 Å². The van der Waals surface area contributed by atoms with E-state index in [4.69, 9.17) is 16.3 Å². The third-order valence-electron chi connectivity index (χ3n) is 4.15. The molecule has 0 N–H and O–H groups in total. The maximum absolute atomic E-state index is 13.2. The first kappa shape index (κ1) is 18.7. The van der Waals surface area contributed by atoms with Crippen molar-refractivity contribution >= 4 is 33.0 Å². The number of carbonyl (C=O) groups excluding carboxylic acids is 1. The van der Waals surface area contributed by atoms with Gasteiger partial charge in [-0.05, 0) is 62.2 Å². The zero-order chi connectivity index (χ0) is 19.1. The van der Waals surface area contributed by atoms with Gasteiger partial charge in [-0.2, -0.15) is 0 Å². The van der Waals surface area contributed by atoms with Gasteiger partial charge in [0.1, 0.15) is 5.75 Å². The summed E-state index contributed by atoms with van der Waals surface area (Å²) in [6.07, 6.45) is 1.68. The number of sulfone groups is 1. The molecular formula is C19H20ClNO4S. The molecule has 1 aliphatic rings. The highest BCUT2D eigenvalue weighted by atomic mass is 35.5. The van der Waals surface area contributed by atoms with Crippen LogP contribution in [0.15, 0.2) is 41.3 Å². The Morgan fingerprint density at radius 3 is 2.58 bits per heavy atom. The maximum atomic E-state index is 13.2. The summed E-state index contributed by atoms with van der Waals surface area (Å²) < 4.78 is 29.6. The molecule has 1 amide bonds. The third kappa shape index (κ3) is 3.71. The van der Waals surface area contributed by atoms with Crippen LogP contribution in [-0.4, -0.2) is 33.2 Å². The molecular weight excluding hydrogens is 374 g/mol. The second kappa shape index (κ2) is 6.93. The Labute approximate surface area is 158 Å². The zero-order valence-electron chi connectivity index (χ0n) is 14.8. The summed E-state index contributed by atoms with van der Waals surface area (Å²) in [7, 11) is -3.44. The smallest absolute Gasteiger partial charge is 0.262 e. The minimum absolute atomic E-state index is 0.0903. The van der Waals surface area contributed by atoms with Crippen LogP contribution in [-0.2, 0) is 16.3 Å². The largest absolute Gasteiger partial charge is 0.490 e. The van der Waals surface area contributed by atoms with E-state index in [1.54, 1.807) is 17.0 Å². The summed E-state index contributed by atoms with van der Waals surface area (Å²) in [5, 5.41) is 0.626. The van der Waals surface area contributed by atoms with Crippen molar-refractivity contribution in [1.82, 2.24) is 0 Å². The molecule has 3 rings (SSSR count). The molecule has 0 unspecified atom stereocenters. The highest BCUT2D eigenvalue weighted by Gasteiger charge is 2.28. The molecule has 0 aromatic heterocycles. The molecule has 5 nitrogen and oxygen atoms in total.